The van der Waals surface area contributed by atoms with E-state index in [0.717, 1.165) is 0 Å². The van der Waals surface area contributed by atoms with Gasteiger partial charge >= 0.3 is 11.9 Å². The van der Waals surface area contributed by atoms with Gasteiger partial charge in [0.25, 0.3) is 0 Å². The smallest absolute Gasteiger partial charge is 0.309 e. The number of hydrogen-bond acceptors (Lipinski definition) is 6. The van der Waals surface area contributed by atoms with E-state index in [1.807, 2.05) is 0 Å². The zero-order valence-electron chi connectivity index (χ0n) is 22.5. The molecule has 0 aliphatic carbocycles. The molecular formula is C28H38O8S2. The van der Waals surface area contributed by atoms with Gasteiger partial charge in [0.1, 0.15) is 0 Å². The first-order valence-electron chi connectivity index (χ1n) is 12.8. The van der Waals surface area contributed by atoms with Crippen LogP contribution in [0.25, 0.3) is 0 Å². The Bertz CT molecular complexity index is 1060. The van der Waals surface area contributed by atoms with Gasteiger partial charge < -0.3 is 10.2 Å². The summed E-state index contributed by atoms with van der Waals surface area (Å²) in [5.74, 6) is -2.27. The van der Waals surface area contributed by atoms with Crippen molar-refractivity contribution in [1.29, 1.82) is 0 Å². The molecule has 0 saturated heterocycles. The normalized spacial score (nSPS) is 20.4. The molecule has 0 saturated carbocycles. The SMILES string of the molecule is CC(C)(CCCCC1=CC(=O)C=C(CCC2=CC(=O)C=C(CCCCC(C)(C)C(=O)O)S2=O)S1=O)C(=O)O. The van der Waals surface area contributed by atoms with Crippen molar-refractivity contribution in [2.45, 2.75) is 91.9 Å². The first kappa shape index (κ1) is 31.8. The van der Waals surface area contributed by atoms with Crippen LogP contribution in [0.1, 0.15) is 91.9 Å². The molecule has 0 aromatic heterocycles. The van der Waals surface area contributed by atoms with Crippen LogP contribution >= 0.6 is 0 Å². The Morgan fingerprint density at radius 1 is 0.605 bits per heavy atom. The molecule has 0 aromatic rings. The minimum Gasteiger partial charge on any atom is -0.481 e. The molecule has 2 unspecified atom stereocenters. The number of carbonyl (C=O) groups excluding carboxylic acids is 2. The van der Waals surface area contributed by atoms with Crippen LogP contribution in [0.15, 0.2) is 43.9 Å². The van der Waals surface area contributed by atoms with Crippen LogP contribution in [0, 0.1) is 10.8 Å². The highest BCUT2D eigenvalue weighted by Crippen LogP contribution is 2.32. The maximum atomic E-state index is 13.1. The maximum Gasteiger partial charge on any atom is 0.309 e. The third kappa shape index (κ3) is 9.08. The summed E-state index contributed by atoms with van der Waals surface area (Å²) in [5, 5.41) is 18.5. The number of allylic oxidation sites excluding steroid dienone is 8. The summed E-state index contributed by atoms with van der Waals surface area (Å²) in [4.78, 5) is 48.9. The van der Waals surface area contributed by atoms with Crippen LogP contribution in [0.5, 0.6) is 0 Å². The van der Waals surface area contributed by atoms with Gasteiger partial charge in [0.15, 0.2) is 11.6 Å². The van der Waals surface area contributed by atoms with E-state index in [4.69, 9.17) is 0 Å². The number of carboxylic acids is 2. The number of ketones is 2. The second-order valence-corrected chi connectivity index (χ2v) is 14.2. The summed E-state index contributed by atoms with van der Waals surface area (Å²) in [6.07, 6.45) is 10.1. The van der Waals surface area contributed by atoms with Crippen molar-refractivity contribution in [3.8, 4) is 0 Å². The molecule has 2 heterocycles. The average molecular weight is 567 g/mol. The van der Waals surface area contributed by atoms with Crippen LogP contribution in [0.3, 0.4) is 0 Å². The van der Waals surface area contributed by atoms with Gasteiger partial charge in [0, 0.05) is 19.6 Å². The second kappa shape index (κ2) is 13.6. The Labute approximate surface area is 229 Å². The molecule has 10 heteroatoms. The van der Waals surface area contributed by atoms with Crippen molar-refractivity contribution >= 4 is 45.1 Å². The lowest BCUT2D eigenvalue weighted by Gasteiger charge is -2.20. The van der Waals surface area contributed by atoms with Gasteiger partial charge in [0.2, 0.25) is 0 Å². The van der Waals surface area contributed by atoms with E-state index in [1.165, 1.54) is 24.3 Å². The first-order chi connectivity index (χ1) is 17.6. The van der Waals surface area contributed by atoms with Gasteiger partial charge in [-0.1, -0.05) is 12.8 Å². The van der Waals surface area contributed by atoms with Gasteiger partial charge in [-0.2, -0.15) is 0 Å². The standard InChI is InChI=1S/C28H38O8S2/c1-27(2,25(31)32)13-7-5-9-21-15-19(29)17-23(37(21)35)11-12-24-18-20(30)16-22(38(24)36)10-6-8-14-28(3,4)26(33)34/h15-18H,5-14H2,1-4H3,(H,31,32)(H,33,34). The predicted molar refractivity (Wildman–Crippen MR) is 148 cm³/mol. The number of aliphatic carboxylic acids is 2. The molecule has 0 amide bonds. The summed E-state index contributed by atoms with van der Waals surface area (Å²) in [6.45, 7) is 6.64. The lowest BCUT2D eigenvalue weighted by Crippen LogP contribution is -2.23. The van der Waals surface area contributed by atoms with Crippen LogP contribution in [-0.4, -0.2) is 42.1 Å². The highest BCUT2D eigenvalue weighted by molar-refractivity contribution is 7.93. The Balaban J connectivity index is 1.90. The number of hydrogen-bond donors (Lipinski definition) is 2. The van der Waals surface area contributed by atoms with E-state index in [0.29, 0.717) is 71.0 Å². The quantitative estimate of drug-likeness (QED) is 0.254. The third-order valence-electron chi connectivity index (χ3n) is 6.89. The van der Waals surface area contributed by atoms with E-state index in [-0.39, 0.29) is 24.4 Å². The maximum absolute atomic E-state index is 13.1. The molecule has 2 aliphatic rings. The number of rotatable bonds is 15. The fourth-order valence-corrected chi connectivity index (χ4v) is 6.92. The van der Waals surface area contributed by atoms with Crippen molar-refractivity contribution in [3.05, 3.63) is 43.9 Å². The highest BCUT2D eigenvalue weighted by Gasteiger charge is 2.28. The summed E-state index contributed by atoms with van der Waals surface area (Å²) < 4.78 is 26.1. The van der Waals surface area contributed by atoms with Crippen molar-refractivity contribution in [2.75, 3.05) is 0 Å². The molecule has 0 spiro atoms. The van der Waals surface area contributed by atoms with Crippen LogP contribution in [0.4, 0.5) is 0 Å². The molecule has 2 N–H and O–H groups in total. The molecule has 8 nitrogen and oxygen atoms in total. The zero-order valence-corrected chi connectivity index (χ0v) is 24.2. The van der Waals surface area contributed by atoms with E-state index in [2.05, 4.69) is 0 Å². The predicted octanol–water partition coefficient (Wildman–Crippen LogP) is 5.31. The van der Waals surface area contributed by atoms with Gasteiger partial charge in [-0.05, 0) is 103 Å². The van der Waals surface area contributed by atoms with E-state index in [9.17, 15) is 37.8 Å². The van der Waals surface area contributed by atoms with Crippen LogP contribution in [-0.2, 0) is 40.8 Å². The van der Waals surface area contributed by atoms with Crippen molar-refractivity contribution in [1.82, 2.24) is 0 Å². The fraction of sp³-hybridized carbons (Fsp3) is 0.571. The van der Waals surface area contributed by atoms with Gasteiger partial charge in [-0.25, -0.2) is 8.42 Å². The molecule has 0 aromatic carbocycles. The Kier molecular flexibility index (Phi) is 11.3. The number of carboxylic acid groups (broad SMARTS) is 2. The molecule has 0 radical (unpaired) electrons. The topological polar surface area (TPSA) is 143 Å². The minimum absolute atomic E-state index is 0.229. The molecule has 0 fully saturated rings. The number of carbonyl (C=O) groups is 4. The molecule has 2 rings (SSSR count). The summed E-state index contributed by atoms with van der Waals surface area (Å²) in [7, 11) is -3.02. The second-order valence-electron chi connectivity index (χ2n) is 11.1. The van der Waals surface area contributed by atoms with Crippen molar-refractivity contribution in [2.24, 2.45) is 10.8 Å². The first-order valence-corrected chi connectivity index (χ1v) is 15.1. The highest BCUT2D eigenvalue weighted by atomic mass is 32.2. The monoisotopic (exact) mass is 566 g/mol. The van der Waals surface area contributed by atoms with E-state index in [1.54, 1.807) is 27.7 Å². The van der Waals surface area contributed by atoms with Gasteiger partial charge in [-0.3, -0.25) is 19.2 Å². The Morgan fingerprint density at radius 3 is 1.18 bits per heavy atom. The van der Waals surface area contributed by atoms with Crippen molar-refractivity contribution < 1.29 is 37.8 Å². The average Bonchev–Trinajstić information content (AvgIpc) is 2.82. The van der Waals surface area contributed by atoms with Crippen LogP contribution < -0.4 is 0 Å². The number of unbranched alkanes of at least 4 members (excludes halogenated alkanes) is 2. The third-order valence-corrected chi connectivity index (χ3v) is 10.1. The Morgan fingerprint density at radius 2 is 0.895 bits per heavy atom. The van der Waals surface area contributed by atoms with E-state index >= 15 is 0 Å². The zero-order chi connectivity index (χ0) is 28.7. The Hall–Kier alpha value is -2.46. The lowest BCUT2D eigenvalue weighted by atomic mass is 9.87. The summed E-state index contributed by atoms with van der Waals surface area (Å²) in [6, 6.07) is 0. The minimum atomic E-state index is -1.51. The van der Waals surface area contributed by atoms with Gasteiger partial charge in [-0.15, -0.1) is 0 Å². The molecule has 210 valence electrons. The summed E-state index contributed by atoms with van der Waals surface area (Å²) >= 11 is 0. The fourth-order valence-electron chi connectivity index (χ4n) is 4.12. The van der Waals surface area contributed by atoms with E-state index < -0.39 is 44.4 Å². The lowest BCUT2D eigenvalue weighted by molar-refractivity contribution is -0.148. The largest absolute Gasteiger partial charge is 0.481 e. The molecule has 2 aliphatic heterocycles. The molecular weight excluding hydrogens is 528 g/mol. The molecule has 2 atom stereocenters. The van der Waals surface area contributed by atoms with Crippen molar-refractivity contribution in [3.63, 3.8) is 0 Å². The molecule has 0 bridgehead atoms. The van der Waals surface area contributed by atoms with Gasteiger partial charge in [0.05, 0.1) is 32.4 Å². The molecule has 38 heavy (non-hydrogen) atoms. The van der Waals surface area contributed by atoms with Crippen LogP contribution in [0.2, 0.25) is 0 Å². The summed E-state index contributed by atoms with van der Waals surface area (Å²) in [5.41, 5.74) is -1.69.